The van der Waals surface area contributed by atoms with Gasteiger partial charge in [0.15, 0.2) is 0 Å². The summed E-state index contributed by atoms with van der Waals surface area (Å²) in [6, 6.07) is 4.31. The van der Waals surface area contributed by atoms with Crippen LogP contribution in [0, 0.1) is 20.8 Å². The molecule has 102 valence electrons. The summed E-state index contributed by atoms with van der Waals surface area (Å²) in [5.41, 5.74) is 9.08. The van der Waals surface area contributed by atoms with E-state index in [0.29, 0.717) is 13.2 Å². The van der Waals surface area contributed by atoms with Gasteiger partial charge < -0.3 is 15.2 Å². The number of nitrogens with two attached hydrogens (primary N) is 1. The van der Waals surface area contributed by atoms with E-state index in [0.717, 1.165) is 31.8 Å². The summed E-state index contributed by atoms with van der Waals surface area (Å²) in [5.74, 6) is 1.02. The van der Waals surface area contributed by atoms with Crippen molar-refractivity contribution in [2.75, 3.05) is 26.4 Å². The van der Waals surface area contributed by atoms with Crippen molar-refractivity contribution < 1.29 is 9.47 Å². The van der Waals surface area contributed by atoms with Gasteiger partial charge in [-0.05, 0) is 44.9 Å². The molecule has 0 radical (unpaired) electrons. The fourth-order valence-electron chi connectivity index (χ4n) is 2.02. The average molecular weight is 251 g/mol. The number of hydrogen-bond acceptors (Lipinski definition) is 3. The standard InChI is InChI=1S/C15H25NO2/c1-12-10-13(2)15(14(3)11-12)18-9-5-8-17-7-4-6-16/h10-11H,4-9,16H2,1-3H3. The van der Waals surface area contributed by atoms with E-state index in [4.69, 9.17) is 15.2 Å². The van der Waals surface area contributed by atoms with Crippen molar-refractivity contribution in [1.82, 2.24) is 0 Å². The molecule has 0 spiro atoms. The van der Waals surface area contributed by atoms with E-state index in [2.05, 4.69) is 32.9 Å². The molecule has 0 bridgehead atoms. The molecule has 0 unspecified atom stereocenters. The fourth-order valence-corrected chi connectivity index (χ4v) is 2.02. The van der Waals surface area contributed by atoms with E-state index in [1.165, 1.54) is 16.7 Å². The highest BCUT2D eigenvalue weighted by molar-refractivity contribution is 5.42. The molecule has 0 aliphatic rings. The van der Waals surface area contributed by atoms with Crippen LogP contribution in [0.3, 0.4) is 0 Å². The zero-order chi connectivity index (χ0) is 13.4. The topological polar surface area (TPSA) is 44.5 Å². The van der Waals surface area contributed by atoms with E-state index >= 15 is 0 Å². The van der Waals surface area contributed by atoms with Crippen molar-refractivity contribution >= 4 is 0 Å². The summed E-state index contributed by atoms with van der Waals surface area (Å²) in [6.45, 7) is 9.17. The van der Waals surface area contributed by atoms with Crippen LogP contribution >= 0.6 is 0 Å². The van der Waals surface area contributed by atoms with Crippen molar-refractivity contribution in [1.29, 1.82) is 0 Å². The van der Waals surface area contributed by atoms with E-state index < -0.39 is 0 Å². The van der Waals surface area contributed by atoms with Gasteiger partial charge in [0, 0.05) is 19.6 Å². The minimum atomic E-state index is 0.693. The molecular formula is C15H25NO2. The van der Waals surface area contributed by atoms with Gasteiger partial charge >= 0.3 is 0 Å². The number of aryl methyl sites for hydroxylation is 3. The van der Waals surface area contributed by atoms with Crippen molar-refractivity contribution in [2.24, 2.45) is 5.73 Å². The fraction of sp³-hybridized carbons (Fsp3) is 0.600. The number of ether oxygens (including phenoxy) is 2. The first-order valence-corrected chi connectivity index (χ1v) is 6.63. The molecule has 0 atom stereocenters. The maximum atomic E-state index is 5.82. The van der Waals surface area contributed by atoms with Crippen LogP contribution in [0.25, 0.3) is 0 Å². The van der Waals surface area contributed by atoms with Crippen molar-refractivity contribution in [3.8, 4) is 5.75 Å². The lowest BCUT2D eigenvalue weighted by Crippen LogP contribution is -2.08. The summed E-state index contributed by atoms with van der Waals surface area (Å²) in [7, 11) is 0. The molecule has 0 saturated heterocycles. The quantitative estimate of drug-likeness (QED) is 0.723. The molecular weight excluding hydrogens is 226 g/mol. The Labute approximate surface area is 110 Å². The van der Waals surface area contributed by atoms with Gasteiger partial charge in [-0.15, -0.1) is 0 Å². The molecule has 0 saturated carbocycles. The summed E-state index contributed by atoms with van der Waals surface area (Å²) >= 11 is 0. The molecule has 1 rings (SSSR count). The van der Waals surface area contributed by atoms with Gasteiger partial charge in [-0.3, -0.25) is 0 Å². The van der Waals surface area contributed by atoms with Crippen molar-refractivity contribution in [2.45, 2.75) is 33.6 Å². The largest absolute Gasteiger partial charge is 0.493 e. The number of hydrogen-bond donors (Lipinski definition) is 1. The highest BCUT2D eigenvalue weighted by atomic mass is 16.5. The average Bonchev–Trinajstić information content (AvgIpc) is 2.30. The normalized spacial score (nSPS) is 10.7. The second-order valence-corrected chi connectivity index (χ2v) is 4.68. The van der Waals surface area contributed by atoms with Gasteiger partial charge in [-0.25, -0.2) is 0 Å². The van der Waals surface area contributed by atoms with Gasteiger partial charge in [0.05, 0.1) is 6.61 Å². The third-order valence-corrected chi connectivity index (χ3v) is 2.78. The Morgan fingerprint density at radius 2 is 1.56 bits per heavy atom. The molecule has 3 nitrogen and oxygen atoms in total. The van der Waals surface area contributed by atoms with E-state index in [9.17, 15) is 0 Å². The van der Waals surface area contributed by atoms with Crippen LogP contribution in [0.5, 0.6) is 5.75 Å². The molecule has 2 N–H and O–H groups in total. The first kappa shape index (κ1) is 15.0. The maximum absolute atomic E-state index is 5.82. The lowest BCUT2D eigenvalue weighted by Gasteiger charge is -2.13. The third kappa shape index (κ3) is 5.07. The molecule has 18 heavy (non-hydrogen) atoms. The van der Waals surface area contributed by atoms with Crippen LogP contribution in [0.4, 0.5) is 0 Å². The van der Waals surface area contributed by atoms with Crippen molar-refractivity contribution in [3.05, 3.63) is 28.8 Å². The number of benzene rings is 1. The van der Waals surface area contributed by atoms with Crippen LogP contribution in [0.2, 0.25) is 0 Å². The highest BCUT2D eigenvalue weighted by Crippen LogP contribution is 2.24. The Bertz CT molecular complexity index is 341. The van der Waals surface area contributed by atoms with Gasteiger partial charge in [-0.1, -0.05) is 17.7 Å². The van der Waals surface area contributed by atoms with Gasteiger partial charge in [0.25, 0.3) is 0 Å². The lowest BCUT2D eigenvalue weighted by atomic mass is 10.1. The Morgan fingerprint density at radius 3 is 2.17 bits per heavy atom. The predicted octanol–water partition coefficient (Wildman–Crippen LogP) is 2.75. The first-order valence-electron chi connectivity index (χ1n) is 6.63. The van der Waals surface area contributed by atoms with Gasteiger partial charge in [0.1, 0.15) is 5.75 Å². The molecule has 0 amide bonds. The van der Waals surface area contributed by atoms with Gasteiger partial charge in [0.2, 0.25) is 0 Å². The molecule has 1 aromatic rings. The zero-order valence-electron chi connectivity index (χ0n) is 11.8. The van der Waals surface area contributed by atoms with Crippen LogP contribution in [-0.2, 0) is 4.74 Å². The molecule has 0 heterocycles. The molecule has 0 aliphatic heterocycles. The Morgan fingerprint density at radius 1 is 0.944 bits per heavy atom. The lowest BCUT2D eigenvalue weighted by molar-refractivity contribution is 0.118. The minimum absolute atomic E-state index is 0.693. The van der Waals surface area contributed by atoms with Crippen LogP contribution in [-0.4, -0.2) is 26.4 Å². The Kier molecular flexibility index (Phi) is 6.76. The molecule has 3 heteroatoms. The van der Waals surface area contributed by atoms with E-state index in [1.54, 1.807) is 0 Å². The third-order valence-electron chi connectivity index (χ3n) is 2.78. The SMILES string of the molecule is Cc1cc(C)c(OCCCOCCCN)c(C)c1. The van der Waals surface area contributed by atoms with Gasteiger partial charge in [-0.2, -0.15) is 0 Å². The zero-order valence-corrected chi connectivity index (χ0v) is 11.8. The summed E-state index contributed by atoms with van der Waals surface area (Å²) in [4.78, 5) is 0. The molecule has 0 fully saturated rings. The second-order valence-electron chi connectivity index (χ2n) is 4.68. The van der Waals surface area contributed by atoms with E-state index in [-0.39, 0.29) is 0 Å². The maximum Gasteiger partial charge on any atom is 0.125 e. The minimum Gasteiger partial charge on any atom is -0.493 e. The molecule has 1 aromatic carbocycles. The Balaban J connectivity index is 2.27. The highest BCUT2D eigenvalue weighted by Gasteiger charge is 2.04. The summed E-state index contributed by atoms with van der Waals surface area (Å²) < 4.78 is 11.3. The van der Waals surface area contributed by atoms with E-state index in [1.807, 2.05) is 0 Å². The smallest absolute Gasteiger partial charge is 0.125 e. The Hall–Kier alpha value is -1.06. The summed E-state index contributed by atoms with van der Waals surface area (Å²) in [6.07, 6.45) is 1.84. The van der Waals surface area contributed by atoms with Crippen LogP contribution in [0.15, 0.2) is 12.1 Å². The summed E-state index contributed by atoms with van der Waals surface area (Å²) in [5, 5.41) is 0. The van der Waals surface area contributed by atoms with Crippen molar-refractivity contribution in [3.63, 3.8) is 0 Å². The van der Waals surface area contributed by atoms with Crippen LogP contribution in [0.1, 0.15) is 29.5 Å². The van der Waals surface area contributed by atoms with Crippen LogP contribution < -0.4 is 10.5 Å². The molecule has 0 aliphatic carbocycles. The molecule has 0 aromatic heterocycles. The second kappa shape index (κ2) is 8.11. The number of rotatable bonds is 8. The predicted molar refractivity (Wildman–Crippen MR) is 75.3 cm³/mol. The first-order chi connectivity index (χ1) is 8.65. The monoisotopic (exact) mass is 251 g/mol.